The summed E-state index contributed by atoms with van der Waals surface area (Å²) in [7, 11) is 0. The van der Waals surface area contributed by atoms with E-state index < -0.39 is 5.60 Å². The van der Waals surface area contributed by atoms with E-state index >= 15 is 0 Å². The molecule has 1 aliphatic rings. The third-order valence-electron chi connectivity index (χ3n) is 3.61. The van der Waals surface area contributed by atoms with Crippen LogP contribution in [0.5, 0.6) is 5.75 Å². The maximum atomic E-state index is 12.0. The SMILES string of the molecule is CC(C)(C)OC(=O)N1CCN(CCOc2ccccc2N)CC1. The Kier molecular flexibility index (Phi) is 5.71. The zero-order valence-electron chi connectivity index (χ0n) is 14.2. The van der Waals surface area contributed by atoms with E-state index in [0.717, 1.165) is 25.4 Å². The maximum Gasteiger partial charge on any atom is 0.410 e. The third-order valence-corrected chi connectivity index (χ3v) is 3.61. The quantitative estimate of drug-likeness (QED) is 0.861. The first-order valence-electron chi connectivity index (χ1n) is 8.03. The van der Waals surface area contributed by atoms with E-state index in [1.165, 1.54) is 0 Å². The second-order valence-electron chi connectivity index (χ2n) is 6.70. The number of ether oxygens (including phenoxy) is 2. The summed E-state index contributed by atoms with van der Waals surface area (Å²) < 4.78 is 11.1. The number of nitrogens with two attached hydrogens (primary N) is 1. The topological polar surface area (TPSA) is 68.0 Å². The van der Waals surface area contributed by atoms with Gasteiger partial charge in [-0.05, 0) is 32.9 Å². The van der Waals surface area contributed by atoms with Gasteiger partial charge in [-0.1, -0.05) is 12.1 Å². The predicted molar refractivity (Wildman–Crippen MR) is 90.6 cm³/mol. The fourth-order valence-corrected chi connectivity index (χ4v) is 2.38. The third kappa shape index (κ3) is 5.63. The summed E-state index contributed by atoms with van der Waals surface area (Å²) in [4.78, 5) is 16.0. The molecule has 0 spiro atoms. The van der Waals surface area contributed by atoms with Crippen molar-refractivity contribution in [2.45, 2.75) is 26.4 Å². The Morgan fingerprint density at radius 1 is 1.17 bits per heavy atom. The summed E-state index contributed by atoms with van der Waals surface area (Å²) in [5, 5.41) is 0. The summed E-state index contributed by atoms with van der Waals surface area (Å²) >= 11 is 0. The minimum Gasteiger partial charge on any atom is -0.490 e. The van der Waals surface area contributed by atoms with Crippen LogP contribution in [0.3, 0.4) is 0 Å². The van der Waals surface area contributed by atoms with Gasteiger partial charge in [0, 0.05) is 32.7 Å². The van der Waals surface area contributed by atoms with Crippen LogP contribution in [-0.2, 0) is 4.74 Å². The summed E-state index contributed by atoms with van der Waals surface area (Å²) in [6.45, 7) is 10.1. The van der Waals surface area contributed by atoms with Crippen molar-refractivity contribution >= 4 is 11.8 Å². The summed E-state index contributed by atoms with van der Waals surface area (Å²) in [5.41, 5.74) is 6.05. The van der Waals surface area contributed by atoms with Gasteiger partial charge in [-0.15, -0.1) is 0 Å². The standard InChI is InChI=1S/C17H27N3O3/c1-17(2,3)23-16(21)20-10-8-19(9-11-20)12-13-22-15-7-5-4-6-14(15)18/h4-7H,8-13,18H2,1-3H3. The van der Waals surface area contributed by atoms with E-state index in [1.807, 2.05) is 45.0 Å². The highest BCUT2D eigenvalue weighted by molar-refractivity contribution is 5.68. The van der Waals surface area contributed by atoms with Gasteiger partial charge >= 0.3 is 6.09 Å². The molecule has 0 aliphatic carbocycles. The van der Waals surface area contributed by atoms with Crippen LogP contribution in [0.1, 0.15) is 20.8 Å². The minimum atomic E-state index is -0.447. The van der Waals surface area contributed by atoms with E-state index in [1.54, 1.807) is 4.90 Å². The fourth-order valence-electron chi connectivity index (χ4n) is 2.38. The summed E-state index contributed by atoms with van der Waals surface area (Å²) in [6, 6.07) is 7.49. The van der Waals surface area contributed by atoms with Gasteiger partial charge in [0.05, 0.1) is 5.69 Å². The van der Waals surface area contributed by atoms with E-state index in [0.29, 0.717) is 25.4 Å². The van der Waals surface area contributed by atoms with Crippen molar-refractivity contribution in [3.63, 3.8) is 0 Å². The second kappa shape index (κ2) is 7.55. The zero-order valence-corrected chi connectivity index (χ0v) is 14.2. The molecule has 0 bridgehead atoms. The van der Waals surface area contributed by atoms with Crippen molar-refractivity contribution in [1.82, 2.24) is 9.80 Å². The Bertz CT molecular complexity index is 520. The molecular formula is C17H27N3O3. The molecular weight excluding hydrogens is 294 g/mol. The largest absolute Gasteiger partial charge is 0.490 e. The number of para-hydroxylation sites is 2. The number of nitrogens with zero attached hydrogens (tertiary/aromatic N) is 2. The molecule has 0 saturated carbocycles. The van der Waals surface area contributed by atoms with Crippen molar-refractivity contribution < 1.29 is 14.3 Å². The number of amides is 1. The van der Waals surface area contributed by atoms with Gasteiger partial charge in [-0.25, -0.2) is 4.79 Å². The number of piperazine rings is 1. The lowest BCUT2D eigenvalue weighted by molar-refractivity contribution is 0.0137. The van der Waals surface area contributed by atoms with E-state index in [4.69, 9.17) is 15.2 Å². The van der Waals surface area contributed by atoms with E-state index in [9.17, 15) is 4.79 Å². The predicted octanol–water partition coefficient (Wildman–Crippen LogP) is 2.20. The monoisotopic (exact) mass is 321 g/mol. The average molecular weight is 321 g/mol. The molecule has 0 unspecified atom stereocenters. The van der Waals surface area contributed by atoms with Crippen molar-refractivity contribution in [2.24, 2.45) is 0 Å². The lowest BCUT2D eigenvalue weighted by Gasteiger charge is -2.35. The van der Waals surface area contributed by atoms with Gasteiger partial charge in [-0.2, -0.15) is 0 Å². The van der Waals surface area contributed by atoms with Gasteiger partial charge in [0.25, 0.3) is 0 Å². The highest BCUT2D eigenvalue weighted by Crippen LogP contribution is 2.19. The molecule has 1 saturated heterocycles. The Labute approximate surface area is 138 Å². The van der Waals surface area contributed by atoms with Crippen molar-refractivity contribution in [1.29, 1.82) is 0 Å². The number of benzene rings is 1. The highest BCUT2D eigenvalue weighted by Gasteiger charge is 2.25. The van der Waals surface area contributed by atoms with Crippen LogP contribution in [0.15, 0.2) is 24.3 Å². The highest BCUT2D eigenvalue weighted by atomic mass is 16.6. The first-order valence-corrected chi connectivity index (χ1v) is 8.03. The number of rotatable bonds is 4. The van der Waals surface area contributed by atoms with Gasteiger partial charge in [0.15, 0.2) is 0 Å². The second-order valence-corrected chi connectivity index (χ2v) is 6.70. The number of hydrogen-bond donors (Lipinski definition) is 1. The first-order chi connectivity index (χ1) is 10.8. The smallest absolute Gasteiger partial charge is 0.410 e. The molecule has 23 heavy (non-hydrogen) atoms. The normalized spacial score (nSPS) is 16.2. The maximum absolute atomic E-state index is 12.0. The van der Waals surface area contributed by atoms with Crippen LogP contribution in [0.25, 0.3) is 0 Å². The molecule has 0 aromatic heterocycles. The molecule has 6 heteroatoms. The fraction of sp³-hybridized carbons (Fsp3) is 0.588. The van der Waals surface area contributed by atoms with Crippen LogP contribution >= 0.6 is 0 Å². The molecule has 128 valence electrons. The summed E-state index contributed by atoms with van der Waals surface area (Å²) in [6.07, 6.45) is -0.231. The minimum absolute atomic E-state index is 0.231. The number of anilines is 1. The van der Waals surface area contributed by atoms with Crippen LogP contribution < -0.4 is 10.5 Å². The Balaban J connectivity index is 1.69. The molecule has 1 aromatic rings. The van der Waals surface area contributed by atoms with Crippen LogP contribution in [0, 0.1) is 0 Å². The Hall–Kier alpha value is -1.95. The lowest BCUT2D eigenvalue weighted by Crippen LogP contribution is -2.50. The van der Waals surface area contributed by atoms with Crippen molar-refractivity contribution in [3.05, 3.63) is 24.3 Å². The molecule has 1 aliphatic heterocycles. The lowest BCUT2D eigenvalue weighted by atomic mass is 10.2. The van der Waals surface area contributed by atoms with Gasteiger partial charge in [0.2, 0.25) is 0 Å². The van der Waals surface area contributed by atoms with Crippen molar-refractivity contribution in [2.75, 3.05) is 45.1 Å². The van der Waals surface area contributed by atoms with E-state index in [2.05, 4.69) is 4.90 Å². The summed E-state index contributed by atoms with van der Waals surface area (Å²) in [5.74, 6) is 0.722. The molecule has 1 aromatic carbocycles. The van der Waals surface area contributed by atoms with Gasteiger partial charge in [-0.3, -0.25) is 4.90 Å². The Morgan fingerprint density at radius 2 is 1.83 bits per heavy atom. The molecule has 1 heterocycles. The number of nitrogen functional groups attached to an aromatic ring is 1. The average Bonchev–Trinajstić information content (AvgIpc) is 2.48. The molecule has 0 atom stereocenters. The molecule has 2 N–H and O–H groups in total. The zero-order chi connectivity index (χ0) is 16.9. The molecule has 6 nitrogen and oxygen atoms in total. The Morgan fingerprint density at radius 3 is 2.43 bits per heavy atom. The van der Waals surface area contributed by atoms with E-state index in [-0.39, 0.29) is 6.09 Å². The number of hydrogen-bond acceptors (Lipinski definition) is 5. The van der Waals surface area contributed by atoms with Gasteiger partial charge < -0.3 is 20.1 Å². The van der Waals surface area contributed by atoms with Crippen LogP contribution in [0.2, 0.25) is 0 Å². The first kappa shape index (κ1) is 17.4. The van der Waals surface area contributed by atoms with Crippen molar-refractivity contribution in [3.8, 4) is 5.75 Å². The number of carbonyl (C=O) groups is 1. The molecule has 1 amide bonds. The molecule has 0 radical (unpaired) electrons. The number of carbonyl (C=O) groups excluding carboxylic acids is 1. The van der Waals surface area contributed by atoms with Crippen LogP contribution in [0.4, 0.5) is 10.5 Å². The molecule has 2 rings (SSSR count). The molecule has 1 fully saturated rings. The van der Waals surface area contributed by atoms with Crippen LogP contribution in [-0.4, -0.2) is 60.8 Å². The van der Waals surface area contributed by atoms with Gasteiger partial charge in [0.1, 0.15) is 18.0 Å².